The summed E-state index contributed by atoms with van der Waals surface area (Å²) in [5, 5.41) is 3.43. The summed E-state index contributed by atoms with van der Waals surface area (Å²) >= 11 is 0. The average Bonchev–Trinajstić information content (AvgIpc) is 2.28. The molecule has 0 fully saturated rings. The zero-order chi connectivity index (χ0) is 11.8. The molecule has 1 aromatic rings. The molecule has 0 aliphatic carbocycles. The van der Waals surface area contributed by atoms with Crippen LogP contribution in [0, 0.1) is 0 Å². The minimum atomic E-state index is 0.598. The van der Waals surface area contributed by atoms with Crippen molar-refractivity contribution in [1.82, 2.24) is 15.2 Å². The first-order valence-corrected chi connectivity index (χ1v) is 6.03. The zero-order valence-electron chi connectivity index (χ0n) is 10.6. The van der Waals surface area contributed by atoms with Crippen LogP contribution < -0.4 is 5.32 Å². The molecule has 1 aromatic heterocycles. The number of pyridine rings is 1. The lowest BCUT2D eigenvalue weighted by Gasteiger charge is -2.19. The molecule has 90 valence electrons. The molecule has 0 radical (unpaired) electrons. The van der Waals surface area contributed by atoms with Gasteiger partial charge in [0.1, 0.15) is 0 Å². The largest absolute Gasteiger partial charge is 0.314 e. The molecule has 1 unspecified atom stereocenters. The van der Waals surface area contributed by atoms with Crippen LogP contribution in [0.1, 0.15) is 25.8 Å². The van der Waals surface area contributed by atoms with E-state index in [1.807, 2.05) is 18.5 Å². The van der Waals surface area contributed by atoms with Crippen LogP contribution in [0.15, 0.2) is 24.5 Å². The molecule has 0 aromatic carbocycles. The highest BCUT2D eigenvalue weighted by molar-refractivity contribution is 5.07. The average molecular weight is 221 g/mol. The fourth-order valence-electron chi connectivity index (χ4n) is 1.75. The zero-order valence-corrected chi connectivity index (χ0v) is 10.6. The number of nitrogens with zero attached hydrogens (tertiary/aromatic N) is 2. The lowest BCUT2D eigenvalue weighted by atomic mass is 10.2. The second-order valence-electron chi connectivity index (χ2n) is 4.35. The van der Waals surface area contributed by atoms with Crippen LogP contribution in [0.25, 0.3) is 0 Å². The molecule has 1 N–H and O–H groups in total. The van der Waals surface area contributed by atoms with Crippen molar-refractivity contribution in [1.29, 1.82) is 0 Å². The smallest absolute Gasteiger partial charge is 0.0312 e. The molecule has 0 aliphatic heterocycles. The van der Waals surface area contributed by atoms with Crippen molar-refractivity contribution in [2.75, 3.05) is 20.1 Å². The van der Waals surface area contributed by atoms with Crippen molar-refractivity contribution in [2.24, 2.45) is 0 Å². The molecule has 1 atom stereocenters. The molecule has 3 heteroatoms. The summed E-state index contributed by atoms with van der Waals surface area (Å²) in [4.78, 5) is 6.46. The first-order chi connectivity index (χ1) is 7.72. The Morgan fingerprint density at radius 1 is 1.50 bits per heavy atom. The van der Waals surface area contributed by atoms with Crippen molar-refractivity contribution in [3.8, 4) is 0 Å². The summed E-state index contributed by atoms with van der Waals surface area (Å²) in [5.74, 6) is 0. The third-order valence-electron chi connectivity index (χ3n) is 2.67. The Kier molecular flexibility index (Phi) is 6.04. The standard InChI is InChI=1S/C13H23N3/c1-4-15-12(2)7-9-16(3)11-13-6-5-8-14-10-13/h5-6,8,10,12,15H,4,7,9,11H2,1-3H3. The first-order valence-electron chi connectivity index (χ1n) is 6.03. The van der Waals surface area contributed by atoms with Gasteiger partial charge < -0.3 is 10.2 Å². The van der Waals surface area contributed by atoms with Crippen molar-refractivity contribution < 1.29 is 0 Å². The van der Waals surface area contributed by atoms with Crippen LogP contribution in [0.3, 0.4) is 0 Å². The molecular weight excluding hydrogens is 198 g/mol. The minimum absolute atomic E-state index is 0.598. The molecule has 0 saturated heterocycles. The molecule has 0 spiro atoms. The summed E-state index contributed by atoms with van der Waals surface area (Å²) < 4.78 is 0. The van der Waals surface area contributed by atoms with Gasteiger partial charge in [-0.2, -0.15) is 0 Å². The van der Waals surface area contributed by atoms with Gasteiger partial charge in [-0.3, -0.25) is 4.98 Å². The summed E-state index contributed by atoms with van der Waals surface area (Å²) in [5.41, 5.74) is 1.28. The highest BCUT2D eigenvalue weighted by Gasteiger charge is 2.03. The second kappa shape index (κ2) is 7.36. The van der Waals surface area contributed by atoms with Gasteiger partial charge in [-0.1, -0.05) is 13.0 Å². The topological polar surface area (TPSA) is 28.2 Å². The molecule has 0 aliphatic rings. The van der Waals surface area contributed by atoms with E-state index < -0.39 is 0 Å². The number of hydrogen-bond donors (Lipinski definition) is 1. The van der Waals surface area contributed by atoms with Gasteiger partial charge in [-0.25, -0.2) is 0 Å². The SMILES string of the molecule is CCNC(C)CCN(C)Cc1cccnc1. The highest BCUT2D eigenvalue weighted by Crippen LogP contribution is 2.02. The molecule has 0 amide bonds. The van der Waals surface area contributed by atoms with Crippen LogP contribution in [-0.2, 0) is 6.54 Å². The monoisotopic (exact) mass is 221 g/mol. The molecule has 0 saturated carbocycles. The predicted octanol–water partition coefficient (Wildman–Crippen LogP) is 1.90. The Morgan fingerprint density at radius 3 is 2.94 bits per heavy atom. The number of nitrogens with one attached hydrogen (secondary N) is 1. The Labute approximate surface area is 98.9 Å². The van der Waals surface area contributed by atoms with E-state index in [0.717, 1.165) is 19.6 Å². The van der Waals surface area contributed by atoms with Gasteiger partial charge >= 0.3 is 0 Å². The summed E-state index contributed by atoms with van der Waals surface area (Å²) in [6.45, 7) is 7.53. The van der Waals surface area contributed by atoms with E-state index in [2.05, 4.69) is 42.2 Å². The van der Waals surface area contributed by atoms with Gasteiger partial charge in [0.05, 0.1) is 0 Å². The Bertz CT molecular complexity index is 274. The maximum atomic E-state index is 4.12. The van der Waals surface area contributed by atoms with E-state index in [1.165, 1.54) is 12.0 Å². The Morgan fingerprint density at radius 2 is 2.31 bits per heavy atom. The van der Waals surface area contributed by atoms with E-state index in [1.54, 1.807) is 0 Å². The van der Waals surface area contributed by atoms with Crippen LogP contribution >= 0.6 is 0 Å². The third kappa shape index (κ3) is 5.24. The van der Waals surface area contributed by atoms with Crippen molar-refractivity contribution in [2.45, 2.75) is 32.9 Å². The number of hydrogen-bond acceptors (Lipinski definition) is 3. The highest BCUT2D eigenvalue weighted by atomic mass is 15.1. The van der Waals surface area contributed by atoms with Crippen molar-refractivity contribution in [3.63, 3.8) is 0 Å². The molecule has 1 rings (SSSR count). The second-order valence-corrected chi connectivity index (χ2v) is 4.35. The lowest BCUT2D eigenvalue weighted by molar-refractivity contribution is 0.304. The fourth-order valence-corrected chi connectivity index (χ4v) is 1.75. The van der Waals surface area contributed by atoms with Crippen LogP contribution in [0.4, 0.5) is 0 Å². The number of aromatic nitrogens is 1. The normalized spacial score (nSPS) is 13.0. The van der Waals surface area contributed by atoms with Gasteiger partial charge in [0, 0.05) is 25.0 Å². The van der Waals surface area contributed by atoms with Gasteiger partial charge in [-0.05, 0) is 45.1 Å². The van der Waals surface area contributed by atoms with Gasteiger partial charge in [0.15, 0.2) is 0 Å². The van der Waals surface area contributed by atoms with E-state index in [4.69, 9.17) is 0 Å². The van der Waals surface area contributed by atoms with E-state index in [9.17, 15) is 0 Å². The fraction of sp³-hybridized carbons (Fsp3) is 0.615. The van der Waals surface area contributed by atoms with Crippen LogP contribution in [0.2, 0.25) is 0 Å². The molecular formula is C13H23N3. The third-order valence-corrected chi connectivity index (χ3v) is 2.67. The lowest BCUT2D eigenvalue weighted by Crippen LogP contribution is -2.30. The minimum Gasteiger partial charge on any atom is -0.314 e. The number of rotatable bonds is 7. The maximum Gasteiger partial charge on any atom is 0.0312 e. The van der Waals surface area contributed by atoms with Gasteiger partial charge in [0.2, 0.25) is 0 Å². The quantitative estimate of drug-likeness (QED) is 0.762. The van der Waals surface area contributed by atoms with Gasteiger partial charge in [0.25, 0.3) is 0 Å². The van der Waals surface area contributed by atoms with Gasteiger partial charge in [-0.15, -0.1) is 0 Å². The van der Waals surface area contributed by atoms with Crippen LogP contribution in [0.5, 0.6) is 0 Å². The summed E-state index contributed by atoms with van der Waals surface area (Å²) in [7, 11) is 2.16. The molecule has 1 heterocycles. The Hall–Kier alpha value is -0.930. The molecule has 3 nitrogen and oxygen atoms in total. The maximum absolute atomic E-state index is 4.12. The van der Waals surface area contributed by atoms with Crippen molar-refractivity contribution >= 4 is 0 Å². The summed E-state index contributed by atoms with van der Waals surface area (Å²) in [6, 6.07) is 4.71. The van der Waals surface area contributed by atoms with E-state index in [0.29, 0.717) is 6.04 Å². The van der Waals surface area contributed by atoms with E-state index >= 15 is 0 Å². The summed E-state index contributed by atoms with van der Waals surface area (Å²) in [6.07, 6.45) is 4.94. The van der Waals surface area contributed by atoms with Crippen molar-refractivity contribution in [3.05, 3.63) is 30.1 Å². The van der Waals surface area contributed by atoms with Crippen LogP contribution in [-0.4, -0.2) is 36.1 Å². The molecule has 0 bridgehead atoms. The van der Waals surface area contributed by atoms with E-state index in [-0.39, 0.29) is 0 Å². The Balaban J connectivity index is 2.23. The first kappa shape index (κ1) is 13.1. The predicted molar refractivity (Wildman–Crippen MR) is 68.3 cm³/mol. The molecule has 16 heavy (non-hydrogen) atoms.